The summed E-state index contributed by atoms with van der Waals surface area (Å²) in [5.74, 6) is -5.15. The van der Waals surface area contributed by atoms with Crippen LogP contribution in [-0.4, -0.2) is 91.4 Å². The summed E-state index contributed by atoms with van der Waals surface area (Å²) >= 11 is 0. The first-order valence-electron chi connectivity index (χ1n) is 14.4. The highest BCUT2D eigenvalue weighted by Gasteiger charge is 2.25. The van der Waals surface area contributed by atoms with E-state index in [-0.39, 0.29) is 19.6 Å². The summed E-state index contributed by atoms with van der Waals surface area (Å²) in [6.07, 6.45) is 2.84. The Morgan fingerprint density at radius 2 is 1.30 bits per heavy atom. The predicted octanol–water partition coefficient (Wildman–Crippen LogP) is -1.70. The Balaban J connectivity index is 1.39. The van der Waals surface area contributed by atoms with Gasteiger partial charge in [0.05, 0.1) is 25.3 Å². The lowest BCUT2D eigenvalue weighted by Crippen LogP contribution is -2.52. The third-order valence-electron chi connectivity index (χ3n) is 6.49. The number of nitrogens with one attached hydrogen (secondary N) is 5. The molecule has 2 aromatic rings. The summed E-state index contributed by atoms with van der Waals surface area (Å²) in [4.78, 5) is 96.9. The Kier molecular flexibility index (Phi) is 13.7. The SMILES string of the molecule is O=C(O)COCNC(=O)CNC(=O)C(Cc1ccccc1)NC(=O)CNC(=O)CNC(=O)CCc1ccc(N2C(=O)C=CC2=O)cc1. The molecule has 1 unspecified atom stereocenters. The molecule has 1 heterocycles. The van der Waals surface area contributed by atoms with Crippen molar-refractivity contribution in [2.75, 3.05) is 37.9 Å². The Morgan fingerprint density at radius 1 is 0.702 bits per heavy atom. The van der Waals surface area contributed by atoms with Gasteiger partial charge < -0.3 is 36.4 Å². The maximum atomic E-state index is 12.8. The van der Waals surface area contributed by atoms with Crippen molar-refractivity contribution in [3.8, 4) is 0 Å². The van der Waals surface area contributed by atoms with Crippen molar-refractivity contribution < 1.29 is 48.2 Å². The molecular weight excluding hydrogens is 616 g/mol. The zero-order valence-corrected chi connectivity index (χ0v) is 25.2. The van der Waals surface area contributed by atoms with Crippen LogP contribution >= 0.6 is 0 Å². The molecule has 16 nitrogen and oxygen atoms in total. The maximum absolute atomic E-state index is 12.8. The molecule has 2 aromatic carbocycles. The summed E-state index contributed by atoms with van der Waals surface area (Å²) in [7, 11) is 0. The van der Waals surface area contributed by atoms with Gasteiger partial charge >= 0.3 is 5.97 Å². The normalized spacial score (nSPS) is 12.6. The van der Waals surface area contributed by atoms with Gasteiger partial charge in [-0.2, -0.15) is 0 Å². The number of ether oxygens (including phenoxy) is 1. The van der Waals surface area contributed by atoms with Crippen molar-refractivity contribution >= 4 is 53.0 Å². The van der Waals surface area contributed by atoms with Gasteiger partial charge in [-0.1, -0.05) is 42.5 Å². The third kappa shape index (κ3) is 12.6. The number of carbonyl (C=O) groups is 8. The number of aliphatic carboxylic acids is 1. The van der Waals surface area contributed by atoms with Gasteiger partial charge in [0.1, 0.15) is 19.4 Å². The number of carboxylic acids is 1. The summed E-state index contributed by atoms with van der Waals surface area (Å²) in [6.45, 7) is -2.32. The number of hydrogen-bond donors (Lipinski definition) is 6. The number of carboxylic acid groups (broad SMARTS) is 1. The summed E-state index contributed by atoms with van der Waals surface area (Å²) in [6, 6.07) is 14.2. The van der Waals surface area contributed by atoms with Crippen LogP contribution in [0.25, 0.3) is 0 Å². The Morgan fingerprint density at radius 3 is 1.96 bits per heavy atom. The molecule has 16 heteroatoms. The van der Waals surface area contributed by atoms with E-state index in [0.29, 0.717) is 12.1 Å². The highest BCUT2D eigenvalue weighted by atomic mass is 16.5. The summed E-state index contributed by atoms with van der Waals surface area (Å²) < 4.78 is 4.70. The first-order chi connectivity index (χ1) is 22.5. The Labute approximate surface area is 268 Å². The van der Waals surface area contributed by atoms with E-state index >= 15 is 0 Å². The van der Waals surface area contributed by atoms with Gasteiger partial charge in [-0.05, 0) is 29.7 Å². The third-order valence-corrected chi connectivity index (χ3v) is 6.49. The number of hydrogen-bond acceptors (Lipinski definition) is 9. The van der Waals surface area contributed by atoms with Gasteiger partial charge in [-0.25, -0.2) is 9.69 Å². The predicted molar refractivity (Wildman–Crippen MR) is 164 cm³/mol. The smallest absolute Gasteiger partial charge is 0.329 e. The molecule has 0 saturated carbocycles. The second-order valence-corrected chi connectivity index (χ2v) is 10.1. The van der Waals surface area contributed by atoms with Crippen LogP contribution in [0.4, 0.5) is 5.69 Å². The quantitative estimate of drug-likeness (QED) is 0.0609. The molecule has 7 amide bonds. The number of benzene rings is 2. The van der Waals surface area contributed by atoms with Crippen LogP contribution in [0.1, 0.15) is 17.5 Å². The fraction of sp³-hybridized carbons (Fsp3) is 0.290. The number of amides is 7. The van der Waals surface area contributed by atoms with E-state index in [1.807, 2.05) is 0 Å². The molecular formula is C31H34N6O10. The number of rotatable bonds is 18. The lowest BCUT2D eigenvalue weighted by atomic mass is 10.1. The molecule has 1 atom stereocenters. The molecule has 1 aliphatic heterocycles. The van der Waals surface area contributed by atoms with Gasteiger partial charge in [-0.15, -0.1) is 0 Å². The number of anilines is 1. The van der Waals surface area contributed by atoms with Crippen molar-refractivity contribution in [1.29, 1.82) is 0 Å². The molecule has 0 aliphatic carbocycles. The molecule has 6 N–H and O–H groups in total. The van der Waals surface area contributed by atoms with Crippen molar-refractivity contribution in [3.63, 3.8) is 0 Å². The van der Waals surface area contributed by atoms with Gasteiger partial charge in [0.25, 0.3) is 11.8 Å². The second kappa shape index (κ2) is 18.2. The maximum Gasteiger partial charge on any atom is 0.329 e. The summed E-state index contributed by atoms with van der Waals surface area (Å²) in [5, 5.41) is 20.6. The molecule has 47 heavy (non-hydrogen) atoms. The lowest BCUT2D eigenvalue weighted by molar-refractivity contribution is -0.143. The van der Waals surface area contributed by atoms with E-state index in [1.165, 1.54) is 12.2 Å². The molecule has 3 rings (SSSR count). The molecule has 0 saturated heterocycles. The van der Waals surface area contributed by atoms with Crippen molar-refractivity contribution in [2.24, 2.45) is 0 Å². The van der Waals surface area contributed by atoms with Crippen molar-refractivity contribution in [3.05, 3.63) is 77.9 Å². The van der Waals surface area contributed by atoms with Gasteiger partial charge in [0, 0.05) is 25.0 Å². The van der Waals surface area contributed by atoms with Crippen LogP contribution in [0.5, 0.6) is 0 Å². The van der Waals surface area contributed by atoms with Crippen LogP contribution in [0, 0.1) is 0 Å². The minimum Gasteiger partial charge on any atom is -0.480 e. The monoisotopic (exact) mass is 650 g/mol. The highest BCUT2D eigenvalue weighted by Crippen LogP contribution is 2.20. The largest absolute Gasteiger partial charge is 0.480 e. The highest BCUT2D eigenvalue weighted by molar-refractivity contribution is 6.28. The average Bonchev–Trinajstić information content (AvgIpc) is 3.40. The van der Waals surface area contributed by atoms with Crippen LogP contribution < -0.4 is 31.5 Å². The molecule has 0 aromatic heterocycles. The molecule has 0 spiro atoms. The molecule has 0 bridgehead atoms. The Hall–Kier alpha value is -5.90. The molecule has 1 aliphatic rings. The standard InChI is InChI=1S/C31H34N6O10/c38-24(11-8-20-6-9-22(10-7-20)37-28(42)12-13-29(37)43)32-15-25(39)33-17-27(41)36-23(14-21-4-2-1-3-5-21)31(46)34-16-26(40)35-19-47-18-30(44)45/h1-7,9-10,12-13,23H,8,11,14-19H2,(H,32,38)(H,33,39)(H,34,46)(H,35,40)(H,36,41)(H,44,45). The van der Waals surface area contributed by atoms with Crippen molar-refractivity contribution in [1.82, 2.24) is 26.6 Å². The van der Waals surface area contributed by atoms with E-state index in [9.17, 15) is 38.4 Å². The average molecular weight is 651 g/mol. The summed E-state index contributed by atoms with van der Waals surface area (Å²) in [5.41, 5.74) is 1.91. The Bertz CT molecular complexity index is 1490. The number of nitrogens with zero attached hydrogens (tertiary/aromatic N) is 1. The number of aryl methyl sites for hydroxylation is 1. The zero-order chi connectivity index (χ0) is 34.2. The van der Waals surface area contributed by atoms with Crippen LogP contribution in [-0.2, 0) is 55.9 Å². The first kappa shape index (κ1) is 35.6. The van der Waals surface area contributed by atoms with Crippen LogP contribution in [0.2, 0.25) is 0 Å². The minimum atomic E-state index is -1.21. The van der Waals surface area contributed by atoms with E-state index in [1.54, 1.807) is 54.6 Å². The first-order valence-corrected chi connectivity index (χ1v) is 14.4. The molecule has 0 fully saturated rings. The zero-order valence-electron chi connectivity index (χ0n) is 25.2. The second-order valence-electron chi connectivity index (χ2n) is 10.1. The van der Waals surface area contributed by atoms with E-state index < -0.39 is 79.6 Å². The number of carbonyl (C=O) groups excluding carboxylic acids is 7. The lowest BCUT2D eigenvalue weighted by Gasteiger charge is -2.19. The fourth-order valence-electron chi connectivity index (χ4n) is 4.16. The molecule has 0 radical (unpaired) electrons. The van der Waals surface area contributed by atoms with Gasteiger partial charge in [0.15, 0.2) is 0 Å². The van der Waals surface area contributed by atoms with Crippen molar-refractivity contribution in [2.45, 2.75) is 25.3 Å². The number of imide groups is 1. The van der Waals surface area contributed by atoms with E-state index in [2.05, 4.69) is 26.6 Å². The fourth-order valence-corrected chi connectivity index (χ4v) is 4.16. The van der Waals surface area contributed by atoms with Gasteiger partial charge in [0.2, 0.25) is 29.5 Å². The molecule has 248 valence electrons. The van der Waals surface area contributed by atoms with Crippen LogP contribution in [0.15, 0.2) is 66.7 Å². The topological polar surface area (TPSA) is 229 Å². The van der Waals surface area contributed by atoms with Gasteiger partial charge in [-0.3, -0.25) is 33.6 Å². The van der Waals surface area contributed by atoms with Crippen LogP contribution in [0.3, 0.4) is 0 Å². The van der Waals surface area contributed by atoms with E-state index in [0.717, 1.165) is 16.0 Å². The minimum absolute atomic E-state index is 0.0555. The van der Waals surface area contributed by atoms with E-state index in [4.69, 9.17) is 9.84 Å².